The lowest BCUT2D eigenvalue weighted by Gasteiger charge is -2.13. The van der Waals surface area contributed by atoms with Crippen molar-refractivity contribution in [1.82, 2.24) is 14.9 Å². The Morgan fingerprint density at radius 2 is 2.29 bits per heavy atom. The van der Waals surface area contributed by atoms with Gasteiger partial charge in [-0.1, -0.05) is 6.42 Å². The minimum atomic E-state index is 0.0562. The van der Waals surface area contributed by atoms with Crippen molar-refractivity contribution in [3.05, 3.63) is 40.1 Å². The van der Waals surface area contributed by atoms with Crippen molar-refractivity contribution >= 4 is 17.2 Å². The molecule has 0 unspecified atom stereocenters. The van der Waals surface area contributed by atoms with Crippen molar-refractivity contribution < 1.29 is 4.79 Å². The minimum absolute atomic E-state index is 0.0562. The van der Waals surface area contributed by atoms with Crippen LogP contribution in [0.25, 0.3) is 0 Å². The lowest BCUT2D eigenvalue weighted by molar-refractivity contribution is 0.0941. The average molecular weight is 303 g/mol. The normalized spacial score (nSPS) is 16.0. The lowest BCUT2D eigenvalue weighted by atomic mass is 10.1. The van der Waals surface area contributed by atoms with E-state index in [1.165, 1.54) is 29.7 Å². The van der Waals surface area contributed by atoms with Crippen LogP contribution in [0.1, 0.15) is 46.3 Å². The van der Waals surface area contributed by atoms with Crippen molar-refractivity contribution in [2.24, 2.45) is 0 Å². The maximum Gasteiger partial charge on any atom is 0.261 e. The number of carbonyl (C=O) groups is 1. The van der Waals surface area contributed by atoms with Crippen molar-refractivity contribution in [2.45, 2.75) is 51.6 Å². The summed E-state index contributed by atoms with van der Waals surface area (Å²) in [5.41, 5.74) is 1.39. The number of aromatic nitrogens is 2. The van der Waals surface area contributed by atoms with Crippen LogP contribution in [-0.2, 0) is 19.4 Å². The van der Waals surface area contributed by atoms with E-state index in [0.717, 1.165) is 24.3 Å². The Bertz CT molecular complexity index is 580. The maximum absolute atomic E-state index is 12.4. The van der Waals surface area contributed by atoms with Gasteiger partial charge in [0.2, 0.25) is 0 Å². The molecule has 0 fully saturated rings. The minimum Gasteiger partial charge on any atom is -0.347 e. The Balaban J connectivity index is 1.62. The number of carbonyl (C=O) groups excluding carboxylic acids is 1. The molecule has 21 heavy (non-hydrogen) atoms. The molecule has 112 valence electrons. The van der Waals surface area contributed by atoms with E-state index in [1.807, 2.05) is 17.7 Å². The molecule has 0 bridgehead atoms. The average Bonchev–Trinajstić information content (AvgIpc) is 3.04. The summed E-state index contributed by atoms with van der Waals surface area (Å²) in [6.07, 6.45) is 11.5. The molecule has 2 aromatic heterocycles. The van der Waals surface area contributed by atoms with Gasteiger partial charge < -0.3 is 9.88 Å². The number of nitrogens with one attached hydrogen (secondary N) is 1. The second-order valence-corrected chi connectivity index (χ2v) is 6.89. The predicted molar refractivity (Wildman–Crippen MR) is 84.7 cm³/mol. The largest absolute Gasteiger partial charge is 0.347 e. The fourth-order valence-corrected chi connectivity index (χ4v) is 3.99. The summed E-state index contributed by atoms with van der Waals surface area (Å²) in [7, 11) is 0. The highest BCUT2D eigenvalue weighted by atomic mass is 32.1. The van der Waals surface area contributed by atoms with Gasteiger partial charge in [0, 0.05) is 29.9 Å². The van der Waals surface area contributed by atoms with Crippen LogP contribution in [0.3, 0.4) is 0 Å². The molecule has 0 radical (unpaired) electrons. The number of nitrogens with zero attached hydrogens (tertiary/aromatic N) is 2. The number of hydrogen-bond donors (Lipinski definition) is 1. The summed E-state index contributed by atoms with van der Waals surface area (Å²) in [5, 5.41) is 3.08. The van der Waals surface area contributed by atoms with Crippen LogP contribution in [0.2, 0.25) is 0 Å². The Morgan fingerprint density at radius 1 is 1.43 bits per heavy atom. The van der Waals surface area contributed by atoms with E-state index < -0.39 is 0 Å². The number of rotatable bonds is 4. The Kier molecular flexibility index (Phi) is 4.39. The zero-order valence-electron chi connectivity index (χ0n) is 12.3. The summed E-state index contributed by atoms with van der Waals surface area (Å²) < 4.78 is 1.98. The van der Waals surface area contributed by atoms with Crippen molar-refractivity contribution in [3.8, 4) is 0 Å². The molecule has 1 atom stereocenters. The number of amides is 1. The van der Waals surface area contributed by atoms with Gasteiger partial charge in [0.05, 0.1) is 11.2 Å². The van der Waals surface area contributed by atoms with Crippen LogP contribution in [0.15, 0.2) is 24.8 Å². The van der Waals surface area contributed by atoms with Crippen LogP contribution < -0.4 is 5.32 Å². The monoisotopic (exact) mass is 303 g/mol. The molecule has 0 aliphatic heterocycles. The standard InChI is InChI=1S/C16H21N3OS/c1-12(10-19-8-7-17-11-19)18-16(20)15-9-13-5-3-2-4-6-14(13)21-15/h7-9,11-12H,2-6,10H2,1H3,(H,18,20)/t12-/m0/s1. The van der Waals surface area contributed by atoms with Crippen LogP contribution in [0, 0.1) is 0 Å². The zero-order chi connectivity index (χ0) is 14.7. The van der Waals surface area contributed by atoms with Crippen LogP contribution in [0.5, 0.6) is 0 Å². The third kappa shape index (κ3) is 3.53. The fourth-order valence-electron chi connectivity index (χ4n) is 2.83. The van der Waals surface area contributed by atoms with Crippen LogP contribution in [0.4, 0.5) is 0 Å². The molecule has 0 saturated heterocycles. The molecule has 3 rings (SSSR count). The van der Waals surface area contributed by atoms with Crippen LogP contribution in [-0.4, -0.2) is 21.5 Å². The SMILES string of the molecule is C[C@@H](Cn1ccnc1)NC(=O)c1cc2c(s1)CCCCC2. The number of thiophene rings is 1. The molecule has 0 aromatic carbocycles. The van der Waals surface area contributed by atoms with Gasteiger partial charge in [-0.25, -0.2) is 4.98 Å². The highest BCUT2D eigenvalue weighted by Gasteiger charge is 2.17. The Labute approximate surface area is 129 Å². The second kappa shape index (κ2) is 6.43. The van der Waals surface area contributed by atoms with E-state index in [0.29, 0.717) is 0 Å². The highest BCUT2D eigenvalue weighted by molar-refractivity contribution is 7.14. The van der Waals surface area contributed by atoms with E-state index in [-0.39, 0.29) is 11.9 Å². The molecular weight excluding hydrogens is 282 g/mol. The van der Waals surface area contributed by atoms with Gasteiger partial charge in [0.1, 0.15) is 0 Å². The molecule has 2 aromatic rings. The maximum atomic E-state index is 12.4. The quantitative estimate of drug-likeness (QED) is 0.883. The van der Waals surface area contributed by atoms with Crippen molar-refractivity contribution in [3.63, 3.8) is 0 Å². The van der Waals surface area contributed by atoms with Gasteiger partial charge in [0.15, 0.2) is 0 Å². The van der Waals surface area contributed by atoms with Crippen LogP contribution >= 0.6 is 11.3 Å². The van der Waals surface area contributed by atoms with Gasteiger partial charge in [-0.3, -0.25) is 4.79 Å². The molecule has 0 spiro atoms. The summed E-state index contributed by atoms with van der Waals surface area (Å²) in [6, 6.07) is 2.19. The Morgan fingerprint density at radius 3 is 3.10 bits per heavy atom. The van der Waals surface area contributed by atoms with Gasteiger partial charge in [-0.15, -0.1) is 11.3 Å². The lowest BCUT2D eigenvalue weighted by Crippen LogP contribution is -2.35. The van der Waals surface area contributed by atoms with E-state index in [4.69, 9.17) is 0 Å². The van der Waals surface area contributed by atoms with Gasteiger partial charge in [-0.2, -0.15) is 0 Å². The van der Waals surface area contributed by atoms with E-state index in [9.17, 15) is 4.79 Å². The molecule has 4 nitrogen and oxygen atoms in total. The molecule has 2 heterocycles. The van der Waals surface area contributed by atoms with Gasteiger partial charge in [-0.05, 0) is 44.2 Å². The van der Waals surface area contributed by atoms with E-state index in [2.05, 4.69) is 16.4 Å². The predicted octanol–water partition coefficient (Wildman–Crippen LogP) is 3.03. The second-order valence-electron chi connectivity index (χ2n) is 5.75. The summed E-state index contributed by atoms with van der Waals surface area (Å²) in [6.45, 7) is 2.77. The molecule has 1 N–H and O–H groups in total. The smallest absolute Gasteiger partial charge is 0.261 e. The first-order valence-electron chi connectivity index (χ1n) is 7.60. The van der Waals surface area contributed by atoms with Crippen molar-refractivity contribution in [1.29, 1.82) is 0 Å². The zero-order valence-corrected chi connectivity index (χ0v) is 13.2. The molecule has 5 heteroatoms. The third-order valence-corrected chi connectivity index (χ3v) is 5.13. The number of fused-ring (bicyclic) bond motifs is 1. The summed E-state index contributed by atoms with van der Waals surface area (Å²) in [4.78, 5) is 18.7. The first-order valence-corrected chi connectivity index (χ1v) is 8.42. The van der Waals surface area contributed by atoms with E-state index in [1.54, 1.807) is 23.9 Å². The Hall–Kier alpha value is -1.62. The molecule has 1 aliphatic rings. The van der Waals surface area contributed by atoms with Gasteiger partial charge >= 0.3 is 0 Å². The molecule has 1 amide bonds. The third-order valence-electron chi connectivity index (χ3n) is 3.89. The molecular formula is C16H21N3OS. The molecule has 0 saturated carbocycles. The summed E-state index contributed by atoms with van der Waals surface area (Å²) in [5.74, 6) is 0.0562. The fraction of sp³-hybridized carbons (Fsp3) is 0.500. The first kappa shape index (κ1) is 14.3. The highest BCUT2D eigenvalue weighted by Crippen LogP contribution is 2.28. The van der Waals surface area contributed by atoms with Crippen molar-refractivity contribution in [2.75, 3.05) is 0 Å². The van der Waals surface area contributed by atoms with Gasteiger partial charge in [0.25, 0.3) is 5.91 Å². The van der Waals surface area contributed by atoms with E-state index >= 15 is 0 Å². The topological polar surface area (TPSA) is 46.9 Å². The summed E-state index contributed by atoms with van der Waals surface area (Å²) >= 11 is 1.68. The number of imidazole rings is 1. The number of hydrogen-bond acceptors (Lipinski definition) is 3. The first-order chi connectivity index (χ1) is 10.2. The number of aryl methyl sites for hydroxylation is 2. The molecule has 1 aliphatic carbocycles.